The van der Waals surface area contributed by atoms with Gasteiger partial charge in [0, 0.05) is 25.1 Å². The lowest BCUT2D eigenvalue weighted by molar-refractivity contribution is -0.274. The van der Waals surface area contributed by atoms with Gasteiger partial charge >= 0.3 is 6.36 Å². The molecule has 8 nitrogen and oxygen atoms in total. The maximum Gasteiger partial charge on any atom is 0.573 e. The molecule has 0 aliphatic carbocycles. The Balaban J connectivity index is 1.38. The Morgan fingerprint density at radius 1 is 1.12 bits per heavy atom. The van der Waals surface area contributed by atoms with Gasteiger partial charge in [-0.3, -0.25) is 0 Å². The number of methoxy groups -OCH3 is 1. The quantitative estimate of drug-likeness (QED) is 0.524. The van der Waals surface area contributed by atoms with Gasteiger partial charge in [0.15, 0.2) is 5.82 Å². The van der Waals surface area contributed by atoms with Crippen LogP contribution in [0, 0.1) is 0 Å². The summed E-state index contributed by atoms with van der Waals surface area (Å²) in [5.41, 5.74) is 0.887. The molecule has 1 aliphatic rings. The molecular weight excluding hydrogens is 451 g/mol. The zero-order chi connectivity index (χ0) is 22.9. The summed E-state index contributed by atoms with van der Waals surface area (Å²) in [5, 5.41) is 3.96. The van der Waals surface area contributed by atoms with Crippen molar-refractivity contribution in [2.45, 2.75) is 23.6 Å². The van der Waals surface area contributed by atoms with E-state index in [0.29, 0.717) is 23.9 Å². The van der Waals surface area contributed by atoms with Gasteiger partial charge in [-0.05, 0) is 30.3 Å². The number of benzene rings is 2. The first kappa shape index (κ1) is 22.1. The minimum absolute atomic E-state index is 0.124. The van der Waals surface area contributed by atoms with E-state index >= 15 is 0 Å². The summed E-state index contributed by atoms with van der Waals surface area (Å²) in [6.07, 6.45) is -4.45. The number of para-hydroxylation sites is 1. The molecule has 1 aliphatic heterocycles. The van der Waals surface area contributed by atoms with Crippen molar-refractivity contribution in [3.8, 4) is 11.5 Å². The first-order valence-electron chi connectivity index (χ1n) is 9.46. The van der Waals surface area contributed by atoms with Crippen LogP contribution in [0.4, 0.5) is 13.2 Å². The van der Waals surface area contributed by atoms with Gasteiger partial charge in [-0.2, -0.15) is 9.29 Å². The Labute approximate surface area is 181 Å². The largest absolute Gasteiger partial charge is 0.573 e. The molecule has 1 saturated heterocycles. The Morgan fingerprint density at radius 3 is 2.47 bits per heavy atom. The van der Waals surface area contributed by atoms with Crippen LogP contribution in [-0.2, 0) is 16.4 Å². The van der Waals surface area contributed by atoms with E-state index in [2.05, 4.69) is 14.9 Å². The van der Waals surface area contributed by atoms with E-state index in [0.717, 1.165) is 29.8 Å². The minimum Gasteiger partial charge on any atom is -0.496 e. The first-order chi connectivity index (χ1) is 15.2. The second-order valence-corrected chi connectivity index (χ2v) is 9.01. The molecule has 0 radical (unpaired) electrons. The predicted octanol–water partition coefficient (Wildman–Crippen LogP) is 3.36. The fraction of sp³-hybridized carbons (Fsp3) is 0.300. The van der Waals surface area contributed by atoms with Gasteiger partial charge in [0.05, 0.1) is 17.9 Å². The number of aromatic nitrogens is 2. The summed E-state index contributed by atoms with van der Waals surface area (Å²) < 4.78 is 77.7. The zero-order valence-corrected chi connectivity index (χ0v) is 17.6. The Kier molecular flexibility index (Phi) is 5.82. The summed E-state index contributed by atoms with van der Waals surface area (Å²) in [7, 11) is -2.29. The van der Waals surface area contributed by atoms with Crippen LogP contribution in [0.3, 0.4) is 0 Å². The zero-order valence-electron chi connectivity index (χ0n) is 16.7. The first-order valence-corrected chi connectivity index (χ1v) is 10.9. The van der Waals surface area contributed by atoms with Crippen molar-refractivity contribution >= 4 is 10.0 Å². The molecule has 0 saturated carbocycles. The van der Waals surface area contributed by atoms with E-state index in [4.69, 9.17) is 9.26 Å². The van der Waals surface area contributed by atoms with Crippen LogP contribution in [0.15, 0.2) is 57.9 Å². The average Bonchev–Trinajstić information content (AvgIpc) is 3.14. The van der Waals surface area contributed by atoms with Gasteiger partial charge in [-0.25, -0.2) is 8.42 Å². The van der Waals surface area contributed by atoms with E-state index in [1.54, 1.807) is 7.11 Å². The molecule has 4 rings (SSSR count). The molecule has 0 N–H and O–H groups in total. The summed E-state index contributed by atoms with van der Waals surface area (Å²) in [6.45, 7) is 0.249. The fourth-order valence-corrected chi connectivity index (χ4v) is 4.81. The number of rotatable bonds is 7. The molecule has 0 unspecified atom stereocenters. The van der Waals surface area contributed by atoms with E-state index in [9.17, 15) is 21.6 Å². The van der Waals surface area contributed by atoms with Crippen LogP contribution < -0.4 is 9.47 Å². The number of ether oxygens (including phenoxy) is 2. The van der Waals surface area contributed by atoms with E-state index in [-0.39, 0.29) is 23.9 Å². The number of hydrogen-bond donors (Lipinski definition) is 0. The van der Waals surface area contributed by atoms with Gasteiger partial charge in [0.25, 0.3) is 0 Å². The van der Waals surface area contributed by atoms with Gasteiger partial charge in [0.1, 0.15) is 11.5 Å². The number of hydrogen-bond acceptors (Lipinski definition) is 7. The molecule has 0 atom stereocenters. The van der Waals surface area contributed by atoms with Gasteiger partial charge < -0.3 is 14.0 Å². The van der Waals surface area contributed by atoms with Crippen molar-refractivity contribution in [2.75, 3.05) is 20.2 Å². The lowest BCUT2D eigenvalue weighted by atomic mass is 10.0. The minimum atomic E-state index is -4.85. The molecule has 0 bridgehead atoms. The van der Waals surface area contributed by atoms with Crippen molar-refractivity contribution in [1.82, 2.24) is 14.4 Å². The molecule has 0 spiro atoms. The van der Waals surface area contributed by atoms with Crippen LogP contribution in [0.1, 0.15) is 23.2 Å². The maximum absolute atomic E-state index is 12.7. The molecule has 12 heteroatoms. The molecule has 1 fully saturated rings. The van der Waals surface area contributed by atoms with Crippen LogP contribution in [0.25, 0.3) is 0 Å². The molecule has 3 aromatic rings. The fourth-order valence-electron chi connectivity index (χ4n) is 3.28. The topological polar surface area (TPSA) is 94.8 Å². The number of halogens is 3. The maximum atomic E-state index is 12.7. The van der Waals surface area contributed by atoms with Crippen LogP contribution in [0.2, 0.25) is 0 Å². The Morgan fingerprint density at radius 2 is 1.81 bits per heavy atom. The lowest BCUT2D eigenvalue weighted by Crippen LogP contribution is -2.48. The monoisotopic (exact) mass is 469 g/mol. The van der Waals surface area contributed by atoms with Gasteiger partial charge in [-0.15, -0.1) is 13.2 Å². The molecule has 2 heterocycles. The van der Waals surface area contributed by atoms with E-state index < -0.39 is 22.1 Å². The highest BCUT2D eigenvalue weighted by atomic mass is 32.2. The summed E-state index contributed by atoms with van der Waals surface area (Å²) in [4.78, 5) is 4.23. The Hall–Kier alpha value is -3.12. The smallest absolute Gasteiger partial charge is 0.496 e. The third-order valence-electron chi connectivity index (χ3n) is 4.92. The lowest BCUT2D eigenvalue weighted by Gasteiger charge is -2.35. The van der Waals surface area contributed by atoms with Crippen LogP contribution >= 0.6 is 0 Å². The summed E-state index contributed by atoms with van der Waals surface area (Å²) in [6, 6.07) is 11.5. The highest BCUT2D eigenvalue weighted by Gasteiger charge is 2.40. The normalized spacial score (nSPS) is 15.4. The third kappa shape index (κ3) is 4.70. The number of sulfonamides is 1. The SMILES string of the molecule is COc1ccccc1Cc1noc(C2CN(S(=O)(=O)c3ccc(OC(F)(F)F)cc3)C2)n1. The van der Waals surface area contributed by atoms with Crippen molar-refractivity contribution in [3.63, 3.8) is 0 Å². The van der Waals surface area contributed by atoms with E-state index in [1.807, 2.05) is 24.3 Å². The van der Waals surface area contributed by atoms with Crippen LogP contribution in [0.5, 0.6) is 11.5 Å². The highest BCUT2D eigenvalue weighted by Crippen LogP contribution is 2.32. The number of alkyl halides is 3. The predicted molar refractivity (Wildman–Crippen MR) is 105 cm³/mol. The molecule has 2 aromatic carbocycles. The molecule has 32 heavy (non-hydrogen) atoms. The second kappa shape index (κ2) is 8.43. The van der Waals surface area contributed by atoms with Crippen LogP contribution in [-0.4, -0.2) is 49.4 Å². The van der Waals surface area contributed by atoms with Crippen molar-refractivity contribution in [2.24, 2.45) is 0 Å². The van der Waals surface area contributed by atoms with Gasteiger partial charge in [0.2, 0.25) is 15.9 Å². The van der Waals surface area contributed by atoms with Gasteiger partial charge in [-0.1, -0.05) is 23.4 Å². The van der Waals surface area contributed by atoms with E-state index in [1.165, 1.54) is 4.31 Å². The average molecular weight is 469 g/mol. The van der Waals surface area contributed by atoms with Crippen molar-refractivity contribution in [1.29, 1.82) is 0 Å². The summed E-state index contributed by atoms with van der Waals surface area (Å²) >= 11 is 0. The Bertz CT molecular complexity index is 1190. The molecule has 1 aromatic heterocycles. The molecule has 170 valence electrons. The van der Waals surface area contributed by atoms with Crippen molar-refractivity contribution < 1.29 is 35.6 Å². The third-order valence-corrected chi connectivity index (χ3v) is 6.76. The standard InChI is InChI=1S/C20H18F3N3O5S/c1-29-17-5-3-2-4-13(17)10-18-24-19(31-25-18)14-11-26(12-14)32(27,28)16-8-6-15(7-9-16)30-20(21,22)23/h2-9,14H,10-12H2,1H3. The summed E-state index contributed by atoms with van der Waals surface area (Å²) in [5.74, 6) is 0.718. The van der Waals surface area contributed by atoms with Crippen molar-refractivity contribution in [3.05, 3.63) is 65.8 Å². The number of nitrogens with zero attached hydrogens (tertiary/aromatic N) is 3. The molecule has 0 amide bonds. The molecular formula is C20H18F3N3O5S. The second-order valence-electron chi connectivity index (χ2n) is 7.08. The highest BCUT2D eigenvalue weighted by molar-refractivity contribution is 7.89.